The lowest BCUT2D eigenvalue weighted by Crippen LogP contribution is -2.31. The number of hydrogen-bond acceptors (Lipinski definition) is 4. The molecule has 3 rings (SSSR count). The second kappa shape index (κ2) is 6.44. The number of rotatable bonds is 6. The highest BCUT2D eigenvalue weighted by atomic mass is 16.5. The predicted octanol–water partition coefficient (Wildman–Crippen LogP) is 2.20. The highest BCUT2D eigenvalue weighted by Crippen LogP contribution is 2.22. The molecule has 0 saturated heterocycles. The topological polar surface area (TPSA) is 63.7 Å². The van der Waals surface area contributed by atoms with Crippen LogP contribution in [0.15, 0.2) is 48.5 Å². The molecular formula is C18H15NO4. The van der Waals surface area contributed by atoms with E-state index in [1.807, 2.05) is 24.3 Å². The molecular weight excluding hydrogens is 294 g/mol. The Balaban J connectivity index is 1.64. The van der Waals surface area contributed by atoms with Crippen molar-refractivity contribution in [3.63, 3.8) is 0 Å². The molecule has 0 aromatic heterocycles. The summed E-state index contributed by atoms with van der Waals surface area (Å²) in [7, 11) is 0. The molecule has 5 heteroatoms. The molecule has 0 fully saturated rings. The molecule has 0 spiro atoms. The van der Waals surface area contributed by atoms with Gasteiger partial charge in [-0.15, -0.1) is 0 Å². The average Bonchev–Trinajstić information content (AvgIpc) is 2.84. The van der Waals surface area contributed by atoms with Crippen molar-refractivity contribution in [2.24, 2.45) is 0 Å². The molecule has 0 radical (unpaired) electrons. The molecule has 0 aliphatic carbocycles. The molecule has 1 aliphatic rings. The van der Waals surface area contributed by atoms with E-state index in [4.69, 9.17) is 0 Å². The fourth-order valence-corrected chi connectivity index (χ4v) is 2.62. The normalized spacial score (nSPS) is 13.1. The van der Waals surface area contributed by atoms with Gasteiger partial charge in [0.15, 0.2) is 0 Å². The summed E-state index contributed by atoms with van der Waals surface area (Å²) < 4.78 is 4.69. The number of fused-ring (bicyclic) bond motifs is 1. The number of ether oxygens (including phenoxy) is 1. The molecule has 0 unspecified atom stereocenters. The summed E-state index contributed by atoms with van der Waals surface area (Å²) in [5, 5.41) is 0. The van der Waals surface area contributed by atoms with Gasteiger partial charge in [0.2, 0.25) is 0 Å². The first kappa shape index (κ1) is 15.0. The number of benzene rings is 2. The standard InChI is InChI=1S/C18H15NO4/c20-12-23-11-14-7-5-13(6-8-14)9-10-19-17(21)15-3-1-2-4-16(15)18(19)22/h1-8,12H,9-11H2. The van der Waals surface area contributed by atoms with Gasteiger partial charge in [0, 0.05) is 6.54 Å². The lowest BCUT2D eigenvalue weighted by atomic mass is 10.1. The van der Waals surface area contributed by atoms with Crippen molar-refractivity contribution in [3.05, 3.63) is 70.8 Å². The van der Waals surface area contributed by atoms with E-state index in [0.717, 1.165) is 11.1 Å². The number of amides is 2. The number of hydrogen-bond donors (Lipinski definition) is 0. The second-order valence-corrected chi connectivity index (χ2v) is 5.28. The molecule has 2 aromatic rings. The summed E-state index contributed by atoms with van der Waals surface area (Å²) in [6, 6.07) is 14.4. The van der Waals surface area contributed by atoms with Gasteiger partial charge < -0.3 is 4.74 Å². The first-order valence-corrected chi connectivity index (χ1v) is 7.29. The van der Waals surface area contributed by atoms with Gasteiger partial charge in [-0.05, 0) is 29.7 Å². The minimum Gasteiger partial charge on any atom is -0.463 e. The van der Waals surface area contributed by atoms with E-state index in [0.29, 0.717) is 30.6 Å². The predicted molar refractivity (Wildman–Crippen MR) is 82.8 cm³/mol. The minimum atomic E-state index is -0.235. The molecule has 5 nitrogen and oxygen atoms in total. The van der Waals surface area contributed by atoms with Crippen molar-refractivity contribution in [3.8, 4) is 0 Å². The molecule has 0 saturated carbocycles. The Bertz CT molecular complexity index is 717. The van der Waals surface area contributed by atoms with E-state index in [2.05, 4.69) is 4.74 Å². The molecule has 23 heavy (non-hydrogen) atoms. The maximum atomic E-state index is 12.3. The average molecular weight is 309 g/mol. The summed E-state index contributed by atoms with van der Waals surface area (Å²) in [5.74, 6) is -0.469. The van der Waals surface area contributed by atoms with Crippen LogP contribution in [-0.2, 0) is 22.6 Å². The molecule has 0 atom stereocenters. The van der Waals surface area contributed by atoms with Crippen LogP contribution in [0.25, 0.3) is 0 Å². The van der Waals surface area contributed by atoms with E-state index in [-0.39, 0.29) is 18.4 Å². The lowest BCUT2D eigenvalue weighted by Gasteiger charge is -2.13. The third-order valence-electron chi connectivity index (χ3n) is 3.84. The Morgan fingerprint density at radius 3 is 2.00 bits per heavy atom. The van der Waals surface area contributed by atoms with E-state index < -0.39 is 0 Å². The molecule has 0 N–H and O–H groups in total. The van der Waals surface area contributed by atoms with Gasteiger partial charge in [0.25, 0.3) is 18.3 Å². The van der Waals surface area contributed by atoms with Gasteiger partial charge >= 0.3 is 0 Å². The van der Waals surface area contributed by atoms with Crippen LogP contribution in [0, 0.1) is 0 Å². The summed E-state index contributed by atoms with van der Waals surface area (Å²) in [6.45, 7) is 0.995. The van der Waals surface area contributed by atoms with Crippen LogP contribution in [0.3, 0.4) is 0 Å². The maximum absolute atomic E-state index is 12.3. The minimum absolute atomic E-state index is 0.235. The van der Waals surface area contributed by atoms with Gasteiger partial charge in [-0.25, -0.2) is 0 Å². The Labute approximate surface area is 133 Å². The molecule has 1 aliphatic heterocycles. The van der Waals surface area contributed by atoms with E-state index >= 15 is 0 Å². The zero-order valence-electron chi connectivity index (χ0n) is 12.4. The van der Waals surface area contributed by atoms with Gasteiger partial charge in [-0.2, -0.15) is 0 Å². The van der Waals surface area contributed by atoms with Crippen molar-refractivity contribution in [1.82, 2.24) is 4.90 Å². The van der Waals surface area contributed by atoms with Crippen LogP contribution in [-0.4, -0.2) is 29.7 Å². The van der Waals surface area contributed by atoms with Crippen molar-refractivity contribution < 1.29 is 19.1 Å². The number of carbonyl (C=O) groups is 3. The van der Waals surface area contributed by atoms with Crippen molar-refractivity contribution >= 4 is 18.3 Å². The summed E-state index contributed by atoms with van der Waals surface area (Å²) in [6.07, 6.45) is 0.584. The molecule has 0 bridgehead atoms. The second-order valence-electron chi connectivity index (χ2n) is 5.28. The van der Waals surface area contributed by atoms with Gasteiger partial charge in [-0.1, -0.05) is 36.4 Å². The van der Waals surface area contributed by atoms with Gasteiger partial charge in [0.05, 0.1) is 11.1 Å². The number of nitrogens with zero attached hydrogens (tertiary/aromatic N) is 1. The summed E-state index contributed by atoms with van der Waals surface area (Å²) >= 11 is 0. The number of imide groups is 1. The van der Waals surface area contributed by atoms with Crippen LogP contribution < -0.4 is 0 Å². The first-order chi connectivity index (χ1) is 11.2. The van der Waals surface area contributed by atoms with Gasteiger partial charge in [-0.3, -0.25) is 19.3 Å². The van der Waals surface area contributed by atoms with Crippen LogP contribution >= 0.6 is 0 Å². The molecule has 1 heterocycles. The first-order valence-electron chi connectivity index (χ1n) is 7.29. The smallest absolute Gasteiger partial charge is 0.293 e. The van der Waals surface area contributed by atoms with Crippen molar-refractivity contribution in [2.45, 2.75) is 13.0 Å². The fourth-order valence-electron chi connectivity index (χ4n) is 2.62. The van der Waals surface area contributed by atoms with E-state index in [9.17, 15) is 14.4 Å². The quantitative estimate of drug-likeness (QED) is 0.606. The van der Waals surface area contributed by atoms with Crippen LogP contribution in [0.1, 0.15) is 31.8 Å². The molecule has 2 amide bonds. The largest absolute Gasteiger partial charge is 0.463 e. The Hall–Kier alpha value is -2.95. The van der Waals surface area contributed by atoms with Crippen LogP contribution in [0.5, 0.6) is 0 Å². The third kappa shape index (κ3) is 2.99. The maximum Gasteiger partial charge on any atom is 0.293 e. The summed E-state index contributed by atoms with van der Waals surface area (Å²) in [5.41, 5.74) is 2.84. The highest BCUT2D eigenvalue weighted by Gasteiger charge is 2.34. The Morgan fingerprint density at radius 2 is 1.43 bits per heavy atom. The molecule has 116 valence electrons. The van der Waals surface area contributed by atoms with Crippen molar-refractivity contribution in [1.29, 1.82) is 0 Å². The SMILES string of the molecule is O=COCc1ccc(CCN2C(=O)c3ccccc3C2=O)cc1. The zero-order chi connectivity index (χ0) is 16.2. The lowest BCUT2D eigenvalue weighted by molar-refractivity contribution is -0.129. The van der Waals surface area contributed by atoms with Crippen LogP contribution in [0.4, 0.5) is 0 Å². The third-order valence-corrected chi connectivity index (χ3v) is 3.84. The van der Waals surface area contributed by atoms with Crippen LogP contribution in [0.2, 0.25) is 0 Å². The van der Waals surface area contributed by atoms with Gasteiger partial charge in [0.1, 0.15) is 6.61 Å². The highest BCUT2D eigenvalue weighted by molar-refractivity contribution is 6.21. The zero-order valence-corrected chi connectivity index (χ0v) is 12.4. The van der Waals surface area contributed by atoms with E-state index in [1.165, 1.54) is 4.90 Å². The Morgan fingerprint density at radius 1 is 0.870 bits per heavy atom. The number of carbonyl (C=O) groups excluding carboxylic acids is 3. The monoisotopic (exact) mass is 309 g/mol. The summed E-state index contributed by atoms with van der Waals surface area (Å²) in [4.78, 5) is 36.0. The Kier molecular flexibility index (Phi) is 4.19. The van der Waals surface area contributed by atoms with E-state index in [1.54, 1.807) is 24.3 Å². The fraction of sp³-hybridized carbons (Fsp3) is 0.167. The molecule has 2 aromatic carbocycles. The van der Waals surface area contributed by atoms with Crippen molar-refractivity contribution in [2.75, 3.05) is 6.54 Å².